The molecule has 0 aliphatic heterocycles. The Balaban J connectivity index is 4.67. The highest BCUT2D eigenvalue weighted by Crippen LogP contribution is 2.09. The van der Waals surface area contributed by atoms with Crippen molar-refractivity contribution < 1.29 is 0 Å². The summed E-state index contributed by atoms with van der Waals surface area (Å²) in [6.07, 6.45) is 0. The minimum Gasteiger partial charge on any atom is -0.368 e. The van der Waals surface area contributed by atoms with E-state index in [4.69, 9.17) is 22.6 Å². The van der Waals surface area contributed by atoms with Gasteiger partial charge in [-0.05, 0) is 13.6 Å². The van der Waals surface area contributed by atoms with E-state index in [9.17, 15) is 0 Å². The molecule has 0 saturated carbocycles. The van der Waals surface area contributed by atoms with Gasteiger partial charge < -0.3 is 5.73 Å². The molecule has 0 bridgehead atoms. The first-order valence-corrected chi connectivity index (χ1v) is 3.07. The molecule has 58 valence electrons. The number of allylic oxidation sites excluding steroid dienone is 1. The summed E-state index contributed by atoms with van der Waals surface area (Å²) in [5.41, 5.74) is 5.45. The van der Waals surface area contributed by atoms with Crippen molar-refractivity contribution in [1.29, 1.82) is 5.26 Å². The van der Waals surface area contributed by atoms with Crippen LogP contribution in [-0.2, 0) is 0 Å². The summed E-state index contributed by atoms with van der Waals surface area (Å²) < 4.78 is 0. The summed E-state index contributed by atoms with van der Waals surface area (Å²) in [5.74, 6) is -0.0513. The number of hydrogen-bond donors (Lipinski definition) is 1. The van der Waals surface area contributed by atoms with E-state index in [1.54, 1.807) is 0 Å². The Hall–Kier alpha value is -1.34. The number of aliphatic imine (C=N–C) groups is 2. The molecule has 0 radical (unpaired) electrons. The van der Waals surface area contributed by atoms with Crippen LogP contribution >= 0.6 is 11.6 Å². The Kier molecular flexibility index (Phi) is 3.93. The van der Waals surface area contributed by atoms with Crippen LogP contribution in [0.3, 0.4) is 0 Å². The molecule has 5 heteroatoms. The fourth-order valence-corrected chi connectivity index (χ4v) is 0.395. The zero-order chi connectivity index (χ0) is 8.85. The molecule has 0 heterocycles. The second kappa shape index (κ2) is 4.47. The fourth-order valence-electron chi connectivity index (χ4n) is 0.266. The van der Waals surface area contributed by atoms with Crippen molar-refractivity contribution in [2.45, 2.75) is 6.92 Å². The average Bonchev–Trinajstić information content (AvgIpc) is 2.02. The molecule has 0 aliphatic rings. The second-order valence-electron chi connectivity index (χ2n) is 1.66. The average molecular weight is 171 g/mol. The van der Waals surface area contributed by atoms with Crippen molar-refractivity contribution in [3.05, 3.63) is 10.7 Å². The van der Waals surface area contributed by atoms with E-state index in [0.717, 1.165) is 0 Å². The predicted molar refractivity (Wildman–Crippen MR) is 45.3 cm³/mol. The van der Waals surface area contributed by atoms with Crippen molar-refractivity contribution in [3.63, 3.8) is 0 Å². The van der Waals surface area contributed by atoms with E-state index in [1.165, 1.54) is 6.92 Å². The number of halogens is 1. The number of hydrogen-bond acceptors (Lipinski definition) is 2. The number of nitriles is 1. The van der Waals surface area contributed by atoms with Gasteiger partial charge in [0.1, 0.15) is 5.16 Å². The Morgan fingerprint density at radius 2 is 2.27 bits per heavy atom. The van der Waals surface area contributed by atoms with Crippen LogP contribution in [-0.4, -0.2) is 12.7 Å². The topological polar surface area (TPSA) is 74.5 Å². The van der Waals surface area contributed by atoms with E-state index < -0.39 is 0 Å². The van der Waals surface area contributed by atoms with Crippen molar-refractivity contribution in [3.8, 4) is 6.07 Å². The maximum Gasteiger partial charge on any atom is 0.220 e. The summed E-state index contributed by atoms with van der Waals surface area (Å²) in [7, 11) is 0. The standard InChI is InChI=1S/C6H7ClN4/c1-4(3-8)5(7)11-6(9)10-2/h2H2,1H3,(H2,9,11)/b5-4+. The van der Waals surface area contributed by atoms with Crippen LogP contribution in [0.15, 0.2) is 20.7 Å². The van der Waals surface area contributed by atoms with Gasteiger partial charge >= 0.3 is 0 Å². The van der Waals surface area contributed by atoms with Crippen LogP contribution in [0.25, 0.3) is 0 Å². The molecule has 4 nitrogen and oxygen atoms in total. The van der Waals surface area contributed by atoms with Crippen LogP contribution in [0.1, 0.15) is 6.92 Å². The van der Waals surface area contributed by atoms with Gasteiger partial charge in [0.2, 0.25) is 5.96 Å². The Morgan fingerprint density at radius 3 is 2.64 bits per heavy atom. The number of nitrogens with two attached hydrogens (primary N) is 1. The molecule has 0 unspecified atom stereocenters. The third-order valence-corrected chi connectivity index (χ3v) is 1.22. The van der Waals surface area contributed by atoms with Gasteiger partial charge in [-0.2, -0.15) is 5.26 Å². The van der Waals surface area contributed by atoms with Gasteiger partial charge in [-0.1, -0.05) is 11.6 Å². The minimum absolute atomic E-state index is 0.0393. The smallest absolute Gasteiger partial charge is 0.220 e. The molecule has 0 amide bonds. The lowest BCUT2D eigenvalue weighted by molar-refractivity contribution is 1.33. The highest BCUT2D eigenvalue weighted by Gasteiger charge is 1.95. The molecule has 0 spiro atoms. The Morgan fingerprint density at radius 1 is 1.73 bits per heavy atom. The van der Waals surface area contributed by atoms with Gasteiger partial charge in [0.25, 0.3) is 0 Å². The van der Waals surface area contributed by atoms with E-state index in [2.05, 4.69) is 16.7 Å². The van der Waals surface area contributed by atoms with Crippen LogP contribution in [0.5, 0.6) is 0 Å². The molecule has 0 aliphatic carbocycles. The lowest BCUT2D eigenvalue weighted by Gasteiger charge is -1.91. The summed E-state index contributed by atoms with van der Waals surface area (Å²) >= 11 is 5.51. The third kappa shape index (κ3) is 3.38. The van der Waals surface area contributed by atoms with E-state index in [-0.39, 0.29) is 11.1 Å². The van der Waals surface area contributed by atoms with Gasteiger partial charge in [0.05, 0.1) is 11.6 Å². The van der Waals surface area contributed by atoms with Crippen LogP contribution in [0.2, 0.25) is 0 Å². The Labute approximate surface area is 69.7 Å². The van der Waals surface area contributed by atoms with E-state index >= 15 is 0 Å². The summed E-state index contributed by atoms with van der Waals surface area (Å²) in [6.45, 7) is 4.66. The summed E-state index contributed by atoms with van der Waals surface area (Å²) in [6, 6.07) is 1.82. The fraction of sp³-hybridized carbons (Fsp3) is 0.167. The van der Waals surface area contributed by atoms with Gasteiger partial charge in [0.15, 0.2) is 0 Å². The first-order valence-electron chi connectivity index (χ1n) is 2.69. The molecule has 0 aromatic heterocycles. The predicted octanol–water partition coefficient (Wildman–Crippen LogP) is 0.996. The molecule has 0 atom stereocenters. The zero-order valence-electron chi connectivity index (χ0n) is 6.00. The molecular weight excluding hydrogens is 164 g/mol. The highest BCUT2D eigenvalue weighted by molar-refractivity contribution is 6.30. The van der Waals surface area contributed by atoms with Crippen LogP contribution in [0, 0.1) is 11.3 Å². The van der Waals surface area contributed by atoms with Crippen LogP contribution in [0.4, 0.5) is 0 Å². The van der Waals surface area contributed by atoms with Gasteiger partial charge in [-0.15, -0.1) is 0 Å². The lowest BCUT2D eigenvalue weighted by atomic mass is 10.4. The van der Waals surface area contributed by atoms with Crippen molar-refractivity contribution in [2.75, 3.05) is 0 Å². The van der Waals surface area contributed by atoms with Gasteiger partial charge in [-0.3, -0.25) is 0 Å². The molecule has 0 rings (SSSR count). The molecule has 2 N–H and O–H groups in total. The minimum atomic E-state index is -0.0513. The van der Waals surface area contributed by atoms with Gasteiger partial charge in [-0.25, -0.2) is 9.98 Å². The Bertz CT molecular complexity index is 258. The van der Waals surface area contributed by atoms with E-state index in [0.29, 0.717) is 5.57 Å². The lowest BCUT2D eigenvalue weighted by Crippen LogP contribution is -2.06. The quantitative estimate of drug-likeness (QED) is 0.276. The molecule has 11 heavy (non-hydrogen) atoms. The highest BCUT2D eigenvalue weighted by atomic mass is 35.5. The monoisotopic (exact) mass is 170 g/mol. The second-order valence-corrected chi connectivity index (χ2v) is 2.01. The van der Waals surface area contributed by atoms with Crippen molar-refractivity contribution in [2.24, 2.45) is 15.7 Å². The van der Waals surface area contributed by atoms with E-state index in [1.807, 2.05) is 6.07 Å². The first-order chi connectivity index (χ1) is 5.11. The zero-order valence-corrected chi connectivity index (χ0v) is 6.76. The largest absolute Gasteiger partial charge is 0.368 e. The summed E-state index contributed by atoms with van der Waals surface area (Å²) in [4.78, 5) is 6.85. The van der Waals surface area contributed by atoms with Crippen molar-refractivity contribution in [1.82, 2.24) is 0 Å². The maximum absolute atomic E-state index is 8.34. The molecular formula is C6H7ClN4. The molecule has 0 aromatic carbocycles. The third-order valence-electron chi connectivity index (χ3n) is 0.852. The SMILES string of the molecule is C=N/C(N)=N\C(Cl)=C(/C)C#N. The number of rotatable bonds is 1. The van der Waals surface area contributed by atoms with Crippen molar-refractivity contribution >= 4 is 24.3 Å². The van der Waals surface area contributed by atoms with Gasteiger partial charge in [0, 0.05) is 0 Å². The normalized spacial score (nSPS) is 13.4. The number of nitrogens with zero attached hydrogens (tertiary/aromatic N) is 3. The molecule has 0 saturated heterocycles. The summed E-state index contributed by atoms with van der Waals surface area (Å²) in [5, 5.41) is 8.38. The molecule has 0 aromatic rings. The first kappa shape index (κ1) is 9.66. The van der Waals surface area contributed by atoms with Crippen LogP contribution < -0.4 is 5.73 Å². The number of guanidine groups is 1. The maximum atomic E-state index is 8.34. The molecule has 0 fully saturated rings.